The van der Waals surface area contributed by atoms with Gasteiger partial charge in [0.15, 0.2) is 0 Å². The van der Waals surface area contributed by atoms with Gasteiger partial charge in [0.1, 0.15) is 29.0 Å². The number of benzene rings is 1. The van der Waals surface area contributed by atoms with Gasteiger partial charge in [0, 0.05) is 24.7 Å². The molecule has 2 N–H and O–H groups in total. The molecule has 0 bridgehead atoms. The lowest BCUT2D eigenvalue weighted by molar-refractivity contribution is -0.121. The first-order valence-corrected chi connectivity index (χ1v) is 12.4. The number of hydrogen-bond acceptors (Lipinski definition) is 6. The van der Waals surface area contributed by atoms with Gasteiger partial charge in [0.25, 0.3) is 5.91 Å². The van der Waals surface area contributed by atoms with Gasteiger partial charge in [-0.25, -0.2) is 13.8 Å². The molecule has 10 heteroatoms. The molecule has 2 saturated heterocycles. The Balaban J connectivity index is 1.33. The summed E-state index contributed by atoms with van der Waals surface area (Å²) in [6.07, 6.45) is 5.68. The van der Waals surface area contributed by atoms with Crippen LogP contribution < -0.4 is 10.5 Å². The maximum atomic E-state index is 14.8. The number of carbonyl (C=O) groups is 2. The van der Waals surface area contributed by atoms with Gasteiger partial charge in [-0.15, -0.1) is 0 Å². The number of hydrogen-bond donors (Lipinski definition) is 1. The number of primary amides is 1. The third kappa shape index (κ3) is 6.34. The lowest BCUT2D eigenvalue weighted by atomic mass is 9.97. The van der Waals surface area contributed by atoms with Crippen molar-refractivity contribution in [2.45, 2.75) is 51.2 Å². The molecule has 1 unspecified atom stereocenters. The lowest BCUT2D eigenvalue weighted by Crippen LogP contribution is -2.44. The van der Waals surface area contributed by atoms with Gasteiger partial charge in [-0.2, -0.15) is 0 Å². The average Bonchev–Trinajstić information content (AvgIpc) is 3.33. The molecule has 3 heterocycles. The van der Waals surface area contributed by atoms with Crippen LogP contribution in [0.1, 0.15) is 50.0 Å². The highest BCUT2D eigenvalue weighted by Crippen LogP contribution is 2.27. The van der Waals surface area contributed by atoms with E-state index in [9.17, 15) is 18.4 Å². The molecule has 1 atom stereocenters. The van der Waals surface area contributed by atoms with E-state index in [1.807, 2.05) is 0 Å². The molecule has 1 aromatic heterocycles. The summed E-state index contributed by atoms with van der Waals surface area (Å²) < 4.78 is 34.5. The fourth-order valence-electron chi connectivity index (χ4n) is 4.88. The summed E-state index contributed by atoms with van der Waals surface area (Å²) in [6.45, 7) is 6.17. The Bertz CT molecular complexity index is 1080. The second-order valence-electron chi connectivity index (χ2n) is 10.2. The van der Waals surface area contributed by atoms with Crippen LogP contribution in [-0.4, -0.2) is 76.1 Å². The Hall–Kier alpha value is -3.14. The Morgan fingerprint density at radius 3 is 2.50 bits per heavy atom. The van der Waals surface area contributed by atoms with E-state index < -0.39 is 29.3 Å². The van der Waals surface area contributed by atoms with Crippen LogP contribution in [0.15, 0.2) is 30.6 Å². The Kier molecular flexibility index (Phi) is 7.82. The van der Waals surface area contributed by atoms with E-state index in [2.05, 4.69) is 14.9 Å². The summed E-state index contributed by atoms with van der Waals surface area (Å²) in [7, 11) is 0. The molecule has 8 nitrogen and oxygen atoms in total. The molecule has 0 saturated carbocycles. The predicted molar refractivity (Wildman–Crippen MR) is 131 cm³/mol. The molecule has 2 aliphatic heterocycles. The van der Waals surface area contributed by atoms with Gasteiger partial charge < -0.3 is 20.3 Å². The van der Waals surface area contributed by atoms with Crippen molar-refractivity contribution in [3.63, 3.8) is 0 Å². The standard InChI is InChI=1S/C26H33F2N5O3/c1-26(2,28)16-32-10-7-17(8-11-32)15-36-18-5-6-19(20(27)12-18)21-13-31-22(14-30-21)25(35)33-9-3-4-23(33)24(29)34/h5-6,12-14,17,23H,3-4,7-11,15-16H2,1-2H3,(H2,29,34). The quantitative estimate of drug-likeness (QED) is 0.596. The van der Waals surface area contributed by atoms with Crippen LogP contribution in [0.25, 0.3) is 11.3 Å². The number of ether oxygens (including phenoxy) is 1. The molecular formula is C26H33F2N5O3. The lowest BCUT2D eigenvalue weighted by Gasteiger charge is -2.34. The fourth-order valence-corrected chi connectivity index (χ4v) is 4.88. The highest BCUT2D eigenvalue weighted by Gasteiger charge is 2.34. The molecule has 36 heavy (non-hydrogen) atoms. The third-order valence-electron chi connectivity index (χ3n) is 6.72. The Morgan fingerprint density at radius 1 is 1.14 bits per heavy atom. The van der Waals surface area contributed by atoms with Crippen LogP contribution in [-0.2, 0) is 4.79 Å². The molecule has 2 amide bonds. The van der Waals surface area contributed by atoms with Gasteiger partial charge >= 0.3 is 0 Å². The van der Waals surface area contributed by atoms with E-state index in [4.69, 9.17) is 10.5 Å². The van der Waals surface area contributed by atoms with Crippen molar-refractivity contribution in [2.75, 3.05) is 32.8 Å². The fraction of sp³-hybridized carbons (Fsp3) is 0.538. The number of amides is 2. The second-order valence-corrected chi connectivity index (χ2v) is 10.2. The van der Waals surface area contributed by atoms with Gasteiger partial charge in [0.05, 0.1) is 24.7 Å². The summed E-state index contributed by atoms with van der Waals surface area (Å²) in [5.74, 6) is -0.698. The average molecular weight is 502 g/mol. The van der Waals surface area contributed by atoms with E-state index in [0.29, 0.717) is 44.2 Å². The first kappa shape index (κ1) is 25.9. The number of alkyl halides is 1. The number of piperidine rings is 1. The van der Waals surface area contributed by atoms with Crippen LogP contribution in [0, 0.1) is 11.7 Å². The molecular weight excluding hydrogens is 468 g/mol. The predicted octanol–water partition coefficient (Wildman–Crippen LogP) is 3.21. The number of aromatic nitrogens is 2. The summed E-state index contributed by atoms with van der Waals surface area (Å²) in [5, 5.41) is 0. The molecule has 0 spiro atoms. The molecule has 194 valence electrons. The van der Waals surface area contributed by atoms with Crippen molar-refractivity contribution in [3.8, 4) is 17.0 Å². The normalized spacial score (nSPS) is 19.4. The van der Waals surface area contributed by atoms with Crippen molar-refractivity contribution in [3.05, 3.63) is 42.1 Å². The summed E-state index contributed by atoms with van der Waals surface area (Å²) >= 11 is 0. The monoisotopic (exact) mass is 501 g/mol. The maximum Gasteiger partial charge on any atom is 0.274 e. The molecule has 4 rings (SSSR count). The zero-order valence-electron chi connectivity index (χ0n) is 20.8. The number of carbonyl (C=O) groups excluding carboxylic acids is 2. The van der Waals surface area contributed by atoms with Crippen molar-refractivity contribution in [1.29, 1.82) is 0 Å². The largest absolute Gasteiger partial charge is 0.493 e. The molecule has 0 radical (unpaired) electrons. The van der Waals surface area contributed by atoms with Crippen molar-refractivity contribution in [2.24, 2.45) is 11.7 Å². The minimum Gasteiger partial charge on any atom is -0.493 e. The van der Waals surface area contributed by atoms with Crippen molar-refractivity contribution in [1.82, 2.24) is 19.8 Å². The van der Waals surface area contributed by atoms with Crippen LogP contribution in [0.5, 0.6) is 5.75 Å². The zero-order chi connectivity index (χ0) is 25.9. The Labute approximate surface area is 209 Å². The van der Waals surface area contributed by atoms with Gasteiger partial charge in [-0.05, 0) is 70.7 Å². The highest BCUT2D eigenvalue weighted by atomic mass is 19.1. The van der Waals surface area contributed by atoms with Gasteiger partial charge in [-0.3, -0.25) is 14.6 Å². The smallest absolute Gasteiger partial charge is 0.274 e. The second kappa shape index (κ2) is 10.9. The van der Waals surface area contributed by atoms with Crippen LogP contribution >= 0.6 is 0 Å². The first-order valence-electron chi connectivity index (χ1n) is 12.4. The minimum absolute atomic E-state index is 0.0772. The number of nitrogens with two attached hydrogens (primary N) is 1. The summed E-state index contributed by atoms with van der Waals surface area (Å²) in [5.41, 5.74) is 4.79. The van der Waals surface area contributed by atoms with E-state index in [1.54, 1.807) is 26.0 Å². The summed E-state index contributed by atoms with van der Waals surface area (Å²) in [4.78, 5) is 36.2. The maximum absolute atomic E-state index is 14.8. The van der Waals surface area contributed by atoms with Crippen LogP contribution in [0.3, 0.4) is 0 Å². The van der Waals surface area contributed by atoms with E-state index in [0.717, 1.165) is 25.9 Å². The van der Waals surface area contributed by atoms with E-state index in [-0.39, 0.29) is 17.0 Å². The SMILES string of the molecule is CC(C)(F)CN1CCC(COc2ccc(-c3cnc(C(=O)N4CCCC4C(N)=O)cn3)c(F)c2)CC1. The van der Waals surface area contributed by atoms with Crippen molar-refractivity contribution >= 4 is 11.8 Å². The third-order valence-corrected chi connectivity index (χ3v) is 6.72. The van der Waals surface area contributed by atoms with E-state index >= 15 is 0 Å². The zero-order valence-corrected chi connectivity index (χ0v) is 20.8. The number of nitrogens with zero attached hydrogens (tertiary/aromatic N) is 4. The Morgan fingerprint density at radius 2 is 1.89 bits per heavy atom. The summed E-state index contributed by atoms with van der Waals surface area (Å²) in [6, 6.07) is 3.94. The van der Waals surface area contributed by atoms with Crippen LogP contribution in [0.4, 0.5) is 8.78 Å². The van der Waals surface area contributed by atoms with E-state index in [1.165, 1.54) is 23.4 Å². The number of likely N-dealkylation sites (tertiary alicyclic amines) is 2. The highest BCUT2D eigenvalue weighted by molar-refractivity contribution is 5.96. The molecule has 1 aromatic carbocycles. The first-order chi connectivity index (χ1) is 17.1. The molecule has 2 aliphatic rings. The van der Waals surface area contributed by atoms with Crippen LogP contribution in [0.2, 0.25) is 0 Å². The number of rotatable bonds is 8. The van der Waals surface area contributed by atoms with Gasteiger partial charge in [0.2, 0.25) is 5.91 Å². The van der Waals surface area contributed by atoms with Gasteiger partial charge in [-0.1, -0.05) is 0 Å². The molecule has 0 aliphatic carbocycles. The number of halogens is 2. The molecule has 2 fully saturated rings. The molecule has 2 aromatic rings. The minimum atomic E-state index is -1.20. The topological polar surface area (TPSA) is 102 Å². The van der Waals surface area contributed by atoms with Crippen molar-refractivity contribution < 1.29 is 23.1 Å².